The van der Waals surface area contributed by atoms with E-state index in [1.54, 1.807) is 32.0 Å². The van der Waals surface area contributed by atoms with E-state index in [1.807, 2.05) is 20.8 Å². The van der Waals surface area contributed by atoms with Gasteiger partial charge in [-0.05, 0) is 52.3 Å². The third-order valence-corrected chi connectivity index (χ3v) is 6.50. The highest BCUT2D eigenvalue weighted by molar-refractivity contribution is 7.79. The van der Waals surface area contributed by atoms with Gasteiger partial charge in [0.05, 0.1) is 48.9 Å². The number of carbonyl (C=O) groups is 2. The zero-order valence-corrected chi connectivity index (χ0v) is 27.8. The molecule has 3 rings (SSSR count). The van der Waals surface area contributed by atoms with E-state index in [0.29, 0.717) is 29.1 Å². The minimum Gasteiger partial charge on any atom is -0.508 e. The number of hydrogen-bond acceptors (Lipinski definition) is 13. The fourth-order valence-electron chi connectivity index (χ4n) is 4.42. The summed E-state index contributed by atoms with van der Waals surface area (Å²) in [6.07, 6.45) is -0.653. The molecule has 2 aromatic rings. The van der Waals surface area contributed by atoms with Crippen molar-refractivity contribution in [2.45, 2.75) is 58.8 Å². The van der Waals surface area contributed by atoms with Gasteiger partial charge in [0.2, 0.25) is 0 Å². The molecule has 47 heavy (non-hydrogen) atoms. The molecule has 0 saturated carbocycles. The number of para-hydroxylation sites is 1. The first kappa shape index (κ1) is 40.6. The fourth-order valence-corrected chi connectivity index (χ4v) is 4.42. The Morgan fingerprint density at radius 3 is 1.94 bits per heavy atom. The summed E-state index contributed by atoms with van der Waals surface area (Å²) in [4.78, 5) is 35.6. The molecule has 0 bridgehead atoms. The number of dihydropyridines is 1. The van der Waals surface area contributed by atoms with Gasteiger partial charge in [0.25, 0.3) is 5.69 Å². The number of allylic oxidation sites excluding steroid dienone is 2. The van der Waals surface area contributed by atoms with Crippen LogP contribution in [0.1, 0.15) is 63.3 Å². The number of ether oxygens (including phenoxy) is 2. The number of nitrogens with one attached hydrogen (secondary N) is 2. The topological polar surface area (TPSA) is 255 Å². The molecular formula is C30H41N3O13S. The molecule has 1 heterocycles. The summed E-state index contributed by atoms with van der Waals surface area (Å²) in [6.45, 7) is 9.55. The van der Waals surface area contributed by atoms with Crippen LogP contribution < -0.4 is 10.6 Å². The van der Waals surface area contributed by atoms with Gasteiger partial charge in [-0.2, -0.15) is 8.42 Å². The highest BCUT2D eigenvalue weighted by Gasteiger charge is 2.40. The quantitative estimate of drug-likeness (QED) is 0.0914. The number of aliphatic hydroxyl groups excluding tert-OH is 2. The van der Waals surface area contributed by atoms with Crippen LogP contribution in [0.4, 0.5) is 5.69 Å². The van der Waals surface area contributed by atoms with Crippen molar-refractivity contribution in [3.63, 3.8) is 0 Å². The second-order valence-electron chi connectivity index (χ2n) is 11.1. The van der Waals surface area contributed by atoms with Gasteiger partial charge in [-0.25, -0.2) is 9.59 Å². The van der Waals surface area contributed by atoms with E-state index < -0.39 is 39.3 Å². The fraction of sp³-hybridized carbons (Fsp3) is 0.400. The number of phenols is 1. The molecular weight excluding hydrogens is 642 g/mol. The van der Waals surface area contributed by atoms with Crippen molar-refractivity contribution in [1.82, 2.24) is 10.6 Å². The molecule has 1 aliphatic heterocycles. The molecule has 7 N–H and O–H groups in total. The van der Waals surface area contributed by atoms with Crippen LogP contribution in [0.5, 0.6) is 5.75 Å². The molecule has 17 heteroatoms. The largest absolute Gasteiger partial charge is 0.508 e. The number of β-amino-alcohol motifs (C(OH)–C–C–N with tert-alkyl or cyclic N) is 1. The Balaban J connectivity index is 0.000000433. The van der Waals surface area contributed by atoms with Crippen molar-refractivity contribution < 1.29 is 56.8 Å². The Morgan fingerprint density at radius 1 is 1.02 bits per heavy atom. The number of nitro groups is 1. The van der Waals surface area contributed by atoms with E-state index in [1.165, 1.54) is 38.5 Å². The van der Waals surface area contributed by atoms with Gasteiger partial charge in [-0.3, -0.25) is 19.2 Å². The molecule has 0 radical (unpaired) electrons. The zero-order chi connectivity index (χ0) is 36.3. The number of aromatic hydroxyl groups is 1. The lowest BCUT2D eigenvalue weighted by atomic mass is 9.79. The summed E-state index contributed by atoms with van der Waals surface area (Å²) >= 11 is 0. The number of rotatable bonds is 8. The van der Waals surface area contributed by atoms with Crippen LogP contribution in [0.2, 0.25) is 0 Å². The second-order valence-corrected chi connectivity index (χ2v) is 12.0. The Kier molecular flexibility index (Phi) is 15.1. The highest BCUT2D eigenvalue weighted by Crippen LogP contribution is 2.42. The first-order chi connectivity index (χ1) is 21.7. The molecule has 0 aromatic heterocycles. The molecule has 16 nitrogen and oxygen atoms in total. The molecule has 0 aliphatic carbocycles. The van der Waals surface area contributed by atoms with Crippen LogP contribution in [0.15, 0.2) is 65.0 Å². The Hall–Kier alpha value is -4.39. The summed E-state index contributed by atoms with van der Waals surface area (Å²) in [5.74, 6) is -2.28. The van der Waals surface area contributed by atoms with Crippen molar-refractivity contribution in [3.8, 4) is 5.75 Å². The molecule has 1 unspecified atom stereocenters. The van der Waals surface area contributed by atoms with Gasteiger partial charge in [-0.1, -0.05) is 24.3 Å². The van der Waals surface area contributed by atoms with Crippen LogP contribution in [-0.4, -0.2) is 76.0 Å². The minimum absolute atomic E-state index is 0.0484. The Morgan fingerprint density at radius 2 is 1.51 bits per heavy atom. The lowest BCUT2D eigenvalue weighted by Crippen LogP contribution is -2.38. The molecule has 1 aliphatic rings. The normalized spacial score (nSPS) is 14.1. The minimum atomic E-state index is -4.67. The number of esters is 2. The van der Waals surface area contributed by atoms with E-state index in [4.69, 9.17) is 32.1 Å². The summed E-state index contributed by atoms with van der Waals surface area (Å²) in [5.41, 5.74) is 2.25. The average Bonchev–Trinajstić information content (AvgIpc) is 2.98. The van der Waals surface area contributed by atoms with Crippen LogP contribution in [-0.2, 0) is 36.1 Å². The SMILES string of the molecule is CC(C)(C)NCC(O)c1ccc(O)c(CO)c1.COC(=O)C1=C(C)NC(C)=C(C(=O)OC)C1c1ccccc1[N+](=O)[O-].O=S(=O)(O)O. The zero-order valence-electron chi connectivity index (χ0n) is 27.0. The standard InChI is InChI=1S/C17H18N2O6.C13H21NO3.H2O4S/c1-9-13(16(20)24-3)15(14(10(2)18-9)17(21)25-4)11-7-5-6-8-12(11)19(22)23;1-13(2,3)14-7-12(17)9-4-5-11(16)10(6-9)8-15;1-5(2,3)4/h5-8,15,18H,1-4H3;4-6,12,14-17H,7-8H2,1-3H3;(H2,1,2,3,4). The second kappa shape index (κ2) is 17.5. The van der Waals surface area contributed by atoms with Crippen LogP contribution >= 0.6 is 0 Å². The average molecular weight is 684 g/mol. The van der Waals surface area contributed by atoms with Crippen LogP contribution in [0, 0.1) is 10.1 Å². The molecule has 0 amide bonds. The lowest BCUT2D eigenvalue weighted by Gasteiger charge is -2.29. The first-order valence-corrected chi connectivity index (χ1v) is 15.2. The molecule has 0 saturated heterocycles. The number of nitrogens with zero attached hydrogens (tertiary/aromatic N) is 1. The third kappa shape index (κ3) is 12.7. The maximum atomic E-state index is 12.3. The van der Waals surface area contributed by atoms with Gasteiger partial charge in [0.15, 0.2) is 0 Å². The summed E-state index contributed by atoms with van der Waals surface area (Å²) < 4.78 is 41.2. The number of aliphatic hydroxyl groups is 2. The summed E-state index contributed by atoms with van der Waals surface area (Å²) in [5, 5.41) is 46.0. The molecule has 0 fully saturated rings. The maximum absolute atomic E-state index is 12.3. The molecule has 1 atom stereocenters. The smallest absolute Gasteiger partial charge is 0.394 e. The van der Waals surface area contributed by atoms with E-state index in [9.17, 15) is 29.9 Å². The number of benzene rings is 2. The predicted octanol–water partition coefficient (Wildman–Crippen LogP) is 2.83. The summed E-state index contributed by atoms with van der Waals surface area (Å²) in [7, 11) is -2.25. The highest BCUT2D eigenvalue weighted by atomic mass is 32.3. The van der Waals surface area contributed by atoms with E-state index in [-0.39, 0.29) is 40.3 Å². The van der Waals surface area contributed by atoms with Crippen molar-refractivity contribution >= 4 is 28.0 Å². The lowest BCUT2D eigenvalue weighted by molar-refractivity contribution is -0.385. The van der Waals surface area contributed by atoms with E-state index >= 15 is 0 Å². The van der Waals surface area contributed by atoms with Gasteiger partial charge < -0.3 is 35.4 Å². The van der Waals surface area contributed by atoms with E-state index in [2.05, 4.69) is 10.6 Å². The monoisotopic (exact) mass is 683 g/mol. The van der Waals surface area contributed by atoms with Gasteiger partial charge in [0, 0.05) is 40.7 Å². The van der Waals surface area contributed by atoms with Gasteiger partial charge in [0.1, 0.15) is 5.75 Å². The number of hydrogen-bond donors (Lipinski definition) is 7. The van der Waals surface area contributed by atoms with Crippen LogP contribution in [0.25, 0.3) is 0 Å². The van der Waals surface area contributed by atoms with E-state index in [0.717, 1.165) is 0 Å². The van der Waals surface area contributed by atoms with Gasteiger partial charge >= 0.3 is 22.3 Å². The predicted molar refractivity (Wildman–Crippen MR) is 169 cm³/mol. The first-order valence-electron chi connectivity index (χ1n) is 13.8. The van der Waals surface area contributed by atoms with Gasteiger partial charge in [-0.15, -0.1) is 0 Å². The van der Waals surface area contributed by atoms with Crippen molar-refractivity contribution in [2.75, 3.05) is 20.8 Å². The maximum Gasteiger partial charge on any atom is 0.394 e. The molecule has 2 aromatic carbocycles. The number of methoxy groups -OCH3 is 2. The van der Waals surface area contributed by atoms with Crippen molar-refractivity contribution in [1.29, 1.82) is 0 Å². The summed E-state index contributed by atoms with van der Waals surface area (Å²) in [6, 6.07) is 10.7. The molecule has 260 valence electrons. The number of nitro benzene ring substituents is 1. The van der Waals surface area contributed by atoms with Crippen molar-refractivity contribution in [2.24, 2.45) is 0 Å². The molecule has 0 spiro atoms. The van der Waals surface area contributed by atoms with Crippen molar-refractivity contribution in [3.05, 3.63) is 91.8 Å². The number of carbonyl (C=O) groups excluding carboxylic acids is 2. The van der Waals surface area contributed by atoms with Crippen LogP contribution in [0.3, 0.4) is 0 Å². The Bertz CT molecular complexity index is 1570. The third-order valence-electron chi connectivity index (χ3n) is 6.50. The Labute approximate surface area is 272 Å².